The van der Waals surface area contributed by atoms with Crippen molar-refractivity contribution in [2.45, 2.75) is 51.9 Å². The number of hydrogen-bond donors (Lipinski definition) is 1. The molecular formula is C13H24N2O3. The highest BCUT2D eigenvalue weighted by atomic mass is 16.4. The Morgan fingerprint density at radius 1 is 1.28 bits per heavy atom. The Morgan fingerprint density at radius 3 is 2.67 bits per heavy atom. The second kappa shape index (κ2) is 8.08. The summed E-state index contributed by atoms with van der Waals surface area (Å²) in [5.74, 6) is -0.494. The van der Waals surface area contributed by atoms with Crippen LogP contribution in [-0.4, -0.2) is 46.6 Å². The SMILES string of the molecule is CCN1CCCC(=O)N1CCCCCCC(=O)O. The van der Waals surface area contributed by atoms with E-state index in [9.17, 15) is 9.59 Å². The number of carboxylic acid groups (broad SMARTS) is 1. The predicted octanol–water partition coefficient (Wildman–Crippen LogP) is 1.88. The van der Waals surface area contributed by atoms with Gasteiger partial charge in [0, 0.05) is 32.5 Å². The third-order valence-corrected chi connectivity index (χ3v) is 3.31. The van der Waals surface area contributed by atoms with Gasteiger partial charge in [0.25, 0.3) is 0 Å². The number of hydrogen-bond acceptors (Lipinski definition) is 3. The van der Waals surface area contributed by atoms with E-state index < -0.39 is 5.97 Å². The molecule has 1 saturated heterocycles. The molecule has 104 valence electrons. The van der Waals surface area contributed by atoms with Gasteiger partial charge in [-0.25, -0.2) is 5.01 Å². The molecule has 1 amide bonds. The minimum atomic E-state index is -0.724. The molecule has 5 heteroatoms. The Hall–Kier alpha value is -1.10. The third-order valence-electron chi connectivity index (χ3n) is 3.31. The van der Waals surface area contributed by atoms with E-state index in [1.165, 1.54) is 0 Å². The van der Waals surface area contributed by atoms with Crippen molar-refractivity contribution in [2.24, 2.45) is 0 Å². The summed E-state index contributed by atoms with van der Waals surface area (Å²) >= 11 is 0. The normalized spacial score (nSPS) is 17.2. The first kappa shape index (κ1) is 15.0. The molecule has 1 rings (SSSR count). The fourth-order valence-corrected chi connectivity index (χ4v) is 2.31. The minimum Gasteiger partial charge on any atom is -0.481 e. The number of unbranched alkanes of at least 4 members (excludes halogenated alkanes) is 3. The quantitative estimate of drug-likeness (QED) is 0.674. The van der Waals surface area contributed by atoms with Crippen molar-refractivity contribution in [3.63, 3.8) is 0 Å². The van der Waals surface area contributed by atoms with Gasteiger partial charge in [-0.3, -0.25) is 14.6 Å². The summed E-state index contributed by atoms with van der Waals surface area (Å²) in [4.78, 5) is 22.1. The van der Waals surface area contributed by atoms with Gasteiger partial charge in [0.2, 0.25) is 5.91 Å². The minimum absolute atomic E-state index is 0.230. The lowest BCUT2D eigenvalue weighted by molar-refractivity contribution is -0.155. The van der Waals surface area contributed by atoms with Crippen molar-refractivity contribution in [2.75, 3.05) is 19.6 Å². The summed E-state index contributed by atoms with van der Waals surface area (Å²) in [6, 6.07) is 0. The standard InChI is InChI=1S/C13H24N2O3/c1-2-14-10-7-8-12(16)15(14)11-6-4-3-5-9-13(17)18/h2-11H2,1H3,(H,17,18). The van der Waals surface area contributed by atoms with E-state index in [0.29, 0.717) is 6.42 Å². The van der Waals surface area contributed by atoms with Crippen molar-refractivity contribution < 1.29 is 14.7 Å². The van der Waals surface area contributed by atoms with Crippen LogP contribution in [0.25, 0.3) is 0 Å². The molecule has 1 N–H and O–H groups in total. The van der Waals surface area contributed by atoms with Gasteiger partial charge in [-0.1, -0.05) is 19.8 Å². The number of carbonyl (C=O) groups excluding carboxylic acids is 1. The average molecular weight is 256 g/mol. The first-order chi connectivity index (χ1) is 8.65. The number of rotatable bonds is 8. The first-order valence-corrected chi connectivity index (χ1v) is 6.92. The maximum Gasteiger partial charge on any atom is 0.303 e. The predicted molar refractivity (Wildman–Crippen MR) is 68.9 cm³/mol. The van der Waals surface area contributed by atoms with Crippen molar-refractivity contribution in [3.05, 3.63) is 0 Å². The molecule has 0 spiro atoms. The summed E-state index contributed by atoms with van der Waals surface area (Å²) < 4.78 is 0. The van der Waals surface area contributed by atoms with Crippen molar-refractivity contribution in [1.29, 1.82) is 0 Å². The number of amides is 1. The fourth-order valence-electron chi connectivity index (χ4n) is 2.31. The highest BCUT2D eigenvalue weighted by Gasteiger charge is 2.23. The van der Waals surface area contributed by atoms with E-state index in [2.05, 4.69) is 11.9 Å². The molecule has 0 unspecified atom stereocenters. The van der Waals surface area contributed by atoms with Crippen LogP contribution in [0.1, 0.15) is 51.9 Å². The van der Waals surface area contributed by atoms with Gasteiger partial charge in [0.05, 0.1) is 0 Å². The van der Waals surface area contributed by atoms with Gasteiger partial charge in [-0.05, 0) is 19.3 Å². The maximum absolute atomic E-state index is 11.8. The van der Waals surface area contributed by atoms with Gasteiger partial charge in [0.15, 0.2) is 0 Å². The lowest BCUT2D eigenvalue weighted by atomic mass is 10.1. The van der Waals surface area contributed by atoms with Crippen LogP contribution in [0, 0.1) is 0 Å². The van der Waals surface area contributed by atoms with Gasteiger partial charge in [-0.2, -0.15) is 0 Å². The zero-order valence-corrected chi connectivity index (χ0v) is 11.2. The van der Waals surface area contributed by atoms with E-state index in [0.717, 1.165) is 51.7 Å². The van der Waals surface area contributed by atoms with E-state index in [4.69, 9.17) is 5.11 Å². The maximum atomic E-state index is 11.8. The van der Waals surface area contributed by atoms with Crippen molar-refractivity contribution in [3.8, 4) is 0 Å². The van der Waals surface area contributed by atoms with Gasteiger partial charge < -0.3 is 5.11 Å². The molecule has 0 aliphatic carbocycles. The Kier molecular flexibility index (Phi) is 6.72. The smallest absolute Gasteiger partial charge is 0.303 e. The third kappa shape index (κ3) is 5.04. The lowest BCUT2D eigenvalue weighted by Crippen LogP contribution is -2.50. The van der Waals surface area contributed by atoms with Crippen LogP contribution in [0.2, 0.25) is 0 Å². The van der Waals surface area contributed by atoms with Crippen LogP contribution < -0.4 is 0 Å². The van der Waals surface area contributed by atoms with Crippen LogP contribution in [0.4, 0.5) is 0 Å². The topological polar surface area (TPSA) is 60.9 Å². The molecule has 0 radical (unpaired) electrons. The van der Waals surface area contributed by atoms with Gasteiger partial charge in [-0.15, -0.1) is 0 Å². The van der Waals surface area contributed by atoms with Crippen LogP contribution in [-0.2, 0) is 9.59 Å². The van der Waals surface area contributed by atoms with Crippen molar-refractivity contribution in [1.82, 2.24) is 10.0 Å². The Balaban J connectivity index is 2.16. The lowest BCUT2D eigenvalue weighted by Gasteiger charge is -2.38. The Bertz CT molecular complexity index is 281. The van der Waals surface area contributed by atoms with Crippen LogP contribution in [0.3, 0.4) is 0 Å². The van der Waals surface area contributed by atoms with Crippen LogP contribution >= 0.6 is 0 Å². The highest BCUT2D eigenvalue weighted by molar-refractivity contribution is 5.76. The molecule has 1 fully saturated rings. The fraction of sp³-hybridized carbons (Fsp3) is 0.846. The highest BCUT2D eigenvalue weighted by Crippen LogP contribution is 2.13. The molecule has 0 aromatic rings. The summed E-state index contributed by atoms with van der Waals surface area (Å²) in [5.41, 5.74) is 0. The summed E-state index contributed by atoms with van der Waals surface area (Å²) in [5, 5.41) is 12.5. The Morgan fingerprint density at radius 2 is 2.00 bits per heavy atom. The molecule has 0 saturated carbocycles. The summed E-state index contributed by atoms with van der Waals surface area (Å²) in [7, 11) is 0. The van der Waals surface area contributed by atoms with E-state index in [-0.39, 0.29) is 12.3 Å². The molecule has 0 bridgehead atoms. The molecule has 5 nitrogen and oxygen atoms in total. The number of aliphatic carboxylic acids is 1. The molecule has 1 aliphatic rings. The zero-order chi connectivity index (χ0) is 13.4. The summed E-state index contributed by atoms with van der Waals surface area (Å²) in [6.07, 6.45) is 5.50. The molecular weight excluding hydrogens is 232 g/mol. The van der Waals surface area contributed by atoms with Crippen molar-refractivity contribution >= 4 is 11.9 Å². The molecule has 0 atom stereocenters. The molecule has 1 aliphatic heterocycles. The van der Waals surface area contributed by atoms with E-state index >= 15 is 0 Å². The average Bonchev–Trinajstić information content (AvgIpc) is 2.34. The molecule has 0 aromatic heterocycles. The molecule has 0 aromatic carbocycles. The largest absolute Gasteiger partial charge is 0.481 e. The van der Waals surface area contributed by atoms with Gasteiger partial charge in [0.1, 0.15) is 0 Å². The van der Waals surface area contributed by atoms with Crippen LogP contribution in [0.15, 0.2) is 0 Å². The van der Waals surface area contributed by atoms with E-state index in [1.54, 1.807) is 0 Å². The first-order valence-electron chi connectivity index (χ1n) is 6.92. The van der Waals surface area contributed by atoms with Gasteiger partial charge >= 0.3 is 5.97 Å². The second-order valence-corrected chi connectivity index (χ2v) is 4.72. The number of carbonyl (C=O) groups is 2. The Labute approximate surface area is 109 Å². The monoisotopic (exact) mass is 256 g/mol. The number of nitrogens with zero attached hydrogens (tertiary/aromatic N) is 2. The number of hydrazine groups is 1. The zero-order valence-electron chi connectivity index (χ0n) is 11.2. The molecule has 1 heterocycles. The summed E-state index contributed by atoms with van der Waals surface area (Å²) in [6.45, 7) is 4.70. The van der Waals surface area contributed by atoms with E-state index in [1.807, 2.05) is 5.01 Å². The second-order valence-electron chi connectivity index (χ2n) is 4.72. The molecule has 18 heavy (non-hydrogen) atoms. The number of carboxylic acids is 1. The van der Waals surface area contributed by atoms with Crippen LogP contribution in [0.5, 0.6) is 0 Å².